The fourth-order valence-electron chi connectivity index (χ4n) is 4.87. The molecule has 0 aromatic heterocycles. The Labute approximate surface area is 221 Å². The van der Waals surface area contributed by atoms with E-state index in [1.54, 1.807) is 18.9 Å². The molecule has 4 rings (SSSR count). The number of nitro benzene ring substituents is 2. The molecule has 202 valence electrons. The molecule has 0 saturated carbocycles. The third-order valence-corrected chi connectivity index (χ3v) is 7.16. The number of likely N-dealkylation sites (N-methyl/N-ethyl adjacent to an activating group) is 1. The smallest absolute Gasteiger partial charge is 0.307 e. The van der Waals surface area contributed by atoms with E-state index in [9.17, 15) is 34.6 Å². The van der Waals surface area contributed by atoms with Gasteiger partial charge in [0, 0.05) is 43.8 Å². The van der Waals surface area contributed by atoms with Gasteiger partial charge in [-0.2, -0.15) is 0 Å². The normalized spacial score (nSPS) is 26.8. The Morgan fingerprint density at radius 2 is 1.82 bits per heavy atom. The summed E-state index contributed by atoms with van der Waals surface area (Å²) in [5.74, 6) is -2.80. The number of nitrogens with zero attached hydrogens (tertiary/aromatic N) is 3. The molecule has 2 aliphatic heterocycles. The van der Waals surface area contributed by atoms with E-state index in [-0.39, 0.29) is 23.3 Å². The predicted octanol–water partition coefficient (Wildman–Crippen LogP) is 3.33. The number of benzene rings is 1. The van der Waals surface area contributed by atoms with Crippen LogP contribution in [0.25, 0.3) is 0 Å². The first-order valence-corrected chi connectivity index (χ1v) is 12.1. The van der Waals surface area contributed by atoms with Crippen molar-refractivity contribution in [3.63, 3.8) is 0 Å². The summed E-state index contributed by atoms with van der Waals surface area (Å²) in [5, 5.41) is 22.4. The molecule has 3 atom stereocenters. The number of carbonyl (C=O) groups excluding carboxylic acids is 3. The van der Waals surface area contributed by atoms with E-state index in [0.717, 1.165) is 18.2 Å². The Bertz CT molecular complexity index is 1280. The summed E-state index contributed by atoms with van der Waals surface area (Å²) in [4.78, 5) is 62.1. The van der Waals surface area contributed by atoms with Gasteiger partial charge in [0.05, 0.1) is 33.1 Å². The predicted molar refractivity (Wildman–Crippen MR) is 130 cm³/mol. The number of ketones is 2. The van der Waals surface area contributed by atoms with Crippen LogP contribution in [0.3, 0.4) is 0 Å². The molecule has 1 fully saturated rings. The van der Waals surface area contributed by atoms with Crippen LogP contribution in [0.4, 0.5) is 11.4 Å². The van der Waals surface area contributed by atoms with Crippen molar-refractivity contribution in [1.82, 2.24) is 4.90 Å². The zero-order chi connectivity index (χ0) is 28.0. The highest BCUT2D eigenvalue weighted by molar-refractivity contribution is 6.49. The third kappa shape index (κ3) is 4.31. The maximum atomic E-state index is 13.7. The van der Waals surface area contributed by atoms with Crippen LogP contribution in [-0.2, 0) is 23.9 Å². The lowest BCUT2D eigenvalue weighted by atomic mass is 9.74. The van der Waals surface area contributed by atoms with Crippen LogP contribution < -0.4 is 4.74 Å². The van der Waals surface area contributed by atoms with Crippen molar-refractivity contribution in [3.05, 3.63) is 60.8 Å². The summed E-state index contributed by atoms with van der Waals surface area (Å²) < 4.78 is 17.5. The van der Waals surface area contributed by atoms with E-state index in [4.69, 9.17) is 25.8 Å². The summed E-state index contributed by atoms with van der Waals surface area (Å²) in [5.41, 5.74) is -4.82. The maximum absolute atomic E-state index is 13.7. The minimum Gasteiger partial charge on any atom is -0.480 e. The third-order valence-electron chi connectivity index (χ3n) is 6.78. The van der Waals surface area contributed by atoms with Gasteiger partial charge in [-0.15, -0.1) is 0 Å². The first-order valence-electron chi connectivity index (χ1n) is 11.8. The van der Waals surface area contributed by atoms with Crippen LogP contribution in [0.5, 0.6) is 5.75 Å². The number of ether oxygens (including phenoxy) is 3. The molecular formula is C24H24ClN3O10. The Kier molecular flexibility index (Phi) is 7.01. The topological polar surface area (TPSA) is 168 Å². The van der Waals surface area contributed by atoms with E-state index < -0.39 is 61.2 Å². The summed E-state index contributed by atoms with van der Waals surface area (Å²) in [7, 11) is 1.61. The molecule has 1 aromatic carbocycles. The molecule has 14 heteroatoms. The second-order valence-electron chi connectivity index (χ2n) is 9.29. The van der Waals surface area contributed by atoms with Crippen LogP contribution >= 0.6 is 11.6 Å². The van der Waals surface area contributed by atoms with E-state index in [1.807, 2.05) is 0 Å². The Hall–Kier alpha value is -3.84. The second-order valence-corrected chi connectivity index (χ2v) is 9.67. The highest BCUT2D eigenvalue weighted by Gasteiger charge is 2.60. The van der Waals surface area contributed by atoms with Crippen LogP contribution in [0.15, 0.2) is 40.6 Å². The van der Waals surface area contributed by atoms with Gasteiger partial charge in [0.2, 0.25) is 17.2 Å². The van der Waals surface area contributed by atoms with Gasteiger partial charge >= 0.3 is 5.97 Å². The fraction of sp³-hybridized carbons (Fsp3) is 0.458. The molecule has 0 bridgehead atoms. The number of hydrogen-bond acceptors (Lipinski definition) is 11. The van der Waals surface area contributed by atoms with Gasteiger partial charge in [-0.1, -0.05) is 18.5 Å². The van der Waals surface area contributed by atoms with Crippen molar-refractivity contribution in [1.29, 1.82) is 0 Å². The van der Waals surface area contributed by atoms with E-state index >= 15 is 0 Å². The monoisotopic (exact) mass is 549 g/mol. The first kappa shape index (κ1) is 27.2. The zero-order valence-corrected chi connectivity index (χ0v) is 21.5. The molecule has 1 aliphatic carbocycles. The van der Waals surface area contributed by atoms with E-state index in [1.165, 1.54) is 13.1 Å². The molecule has 0 radical (unpaired) electrons. The minimum absolute atomic E-state index is 0.0163. The van der Waals surface area contributed by atoms with Gasteiger partial charge in [-0.3, -0.25) is 34.6 Å². The summed E-state index contributed by atoms with van der Waals surface area (Å²) in [6, 6.07) is 2.76. The number of hydrogen-bond donors (Lipinski definition) is 0. The molecule has 13 nitrogen and oxygen atoms in total. The largest absolute Gasteiger partial charge is 0.480 e. The molecule has 1 saturated heterocycles. The second kappa shape index (κ2) is 9.80. The lowest BCUT2D eigenvalue weighted by Crippen LogP contribution is -2.62. The van der Waals surface area contributed by atoms with Gasteiger partial charge in [0.1, 0.15) is 5.75 Å². The lowest BCUT2D eigenvalue weighted by molar-refractivity contribution is -0.394. The van der Waals surface area contributed by atoms with Crippen molar-refractivity contribution < 1.29 is 38.4 Å². The fourth-order valence-corrected chi connectivity index (χ4v) is 5.25. The number of non-ortho nitro benzene ring substituents is 2. The standard InChI is InChI=1S/C24H24ClN3O10/c1-4-6-17(29)38-23(2)20(30)16-12-26(3)24(7-5-8-36-24)22(18(16)19(25)21(23)31)37-15-10-13(27(32)33)9-14(11-15)28(34)35/h9-12,22H,4-8H2,1-3H3/t22-,23-,24+/m0/s1. The molecule has 1 spiro atoms. The number of carbonyl (C=O) groups is 3. The molecule has 38 heavy (non-hydrogen) atoms. The summed E-state index contributed by atoms with van der Waals surface area (Å²) in [6.07, 6.45) is 1.47. The van der Waals surface area contributed by atoms with Gasteiger partial charge in [-0.25, -0.2) is 0 Å². The average molecular weight is 550 g/mol. The van der Waals surface area contributed by atoms with E-state index in [2.05, 4.69) is 0 Å². The highest BCUT2D eigenvalue weighted by atomic mass is 35.5. The zero-order valence-electron chi connectivity index (χ0n) is 20.7. The molecule has 0 amide bonds. The quantitative estimate of drug-likeness (QED) is 0.211. The number of Topliss-reactive ketones (excluding diaryl/α,β-unsaturated/α-hetero) is 2. The van der Waals surface area contributed by atoms with Gasteiger partial charge in [0.25, 0.3) is 11.4 Å². The summed E-state index contributed by atoms with van der Waals surface area (Å²) >= 11 is 6.56. The Morgan fingerprint density at radius 1 is 1.18 bits per heavy atom. The maximum Gasteiger partial charge on any atom is 0.307 e. The number of nitro groups is 2. The summed E-state index contributed by atoms with van der Waals surface area (Å²) in [6.45, 7) is 3.20. The molecule has 1 aromatic rings. The number of halogens is 1. The lowest BCUT2D eigenvalue weighted by Gasteiger charge is -2.49. The first-order chi connectivity index (χ1) is 17.9. The molecule has 0 N–H and O–H groups in total. The molecule has 0 unspecified atom stereocenters. The van der Waals surface area contributed by atoms with Crippen LogP contribution in [-0.4, -0.2) is 63.4 Å². The number of fused-ring (bicyclic) bond motifs is 1. The number of rotatable bonds is 7. The molecule has 3 aliphatic rings. The highest BCUT2D eigenvalue weighted by Crippen LogP contribution is 2.48. The molecular weight excluding hydrogens is 526 g/mol. The van der Waals surface area contributed by atoms with Crippen molar-refractivity contribution in [2.75, 3.05) is 13.7 Å². The average Bonchev–Trinajstić information content (AvgIpc) is 3.35. The van der Waals surface area contributed by atoms with Gasteiger partial charge < -0.3 is 19.1 Å². The van der Waals surface area contributed by atoms with E-state index in [0.29, 0.717) is 25.9 Å². The van der Waals surface area contributed by atoms with Crippen LogP contribution in [0.2, 0.25) is 0 Å². The Morgan fingerprint density at radius 3 is 2.34 bits per heavy atom. The van der Waals surface area contributed by atoms with Gasteiger partial charge in [0.15, 0.2) is 11.8 Å². The Balaban J connectivity index is 1.88. The number of esters is 1. The van der Waals surface area contributed by atoms with Crippen LogP contribution in [0.1, 0.15) is 39.5 Å². The van der Waals surface area contributed by atoms with Crippen molar-refractivity contribution in [3.8, 4) is 5.75 Å². The molecule has 2 heterocycles. The van der Waals surface area contributed by atoms with Crippen molar-refractivity contribution >= 4 is 40.5 Å². The minimum atomic E-state index is -2.21. The van der Waals surface area contributed by atoms with Crippen molar-refractivity contribution in [2.45, 2.75) is 57.0 Å². The van der Waals surface area contributed by atoms with Gasteiger partial charge in [-0.05, 0) is 19.8 Å². The van der Waals surface area contributed by atoms with Crippen LogP contribution in [0, 0.1) is 20.2 Å². The van der Waals surface area contributed by atoms with Crippen molar-refractivity contribution in [2.24, 2.45) is 0 Å². The SMILES string of the molecule is CCCC(=O)O[C@@]1(C)C(=O)C2=CN(C)[C@@]3(CCCO3)[C@@H](Oc3cc([N+](=O)[O-])cc([N+](=O)[O-])c3)C2=C(Cl)C1=O.